The lowest BCUT2D eigenvalue weighted by molar-refractivity contribution is 0.0251. The molecular weight excluding hydrogens is 422 g/mol. The summed E-state index contributed by atoms with van der Waals surface area (Å²) in [7, 11) is 0. The number of Topliss-reactive ketones (excluding diaryl/α,β-unsaturated/α-hetero) is 2. The maximum atomic E-state index is 12.6. The van der Waals surface area contributed by atoms with E-state index in [9.17, 15) is 19.2 Å². The molecule has 7 nitrogen and oxygen atoms in total. The van der Waals surface area contributed by atoms with Crippen LogP contribution in [0.3, 0.4) is 0 Å². The number of H-pyrrole nitrogens is 1. The molecule has 1 atom stereocenters. The zero-order valence-corrected chi connectivity index (χ0v) is 18.6. The minimum Gasteiger partial charge on any atom is -0.454 e. The van der Waals surface area contributed by atoms with Crippen molar-refractivity contribution < 1.29 is 28.7 Å². The van der Waals surface area contributed by atoms with E-state index in [1.54, 1.807) is 19.9 Å². The number of nitrogens with one attached hydrogen (secondary N) is 1. The lowest BCUT2D eigenvalue weighted by atomic mass is 9.93. The summed E-state index contributed by atoms with van der Waals surface area (Å²) in [4.78, 5) is 52.3. The highest BCUT2D eigenvalue weighted by Crippen LogP contribution is 2.31. The molecule has 0 aliphatic carbocycles. The van der Waals surface area contributed by atoms with Gasteiger partial charge in [0.15, 0.2) is 12.4 Å². The van der Waals surface area contributed by atoms with Crippen molar-refractivity contribution in [3.8, 4) is 0 Å². The second-order valence-corrected chi connectivity index (χ2v) is 8.06. The number of esters is 2. The zero-order valence-electron chi connectivity index (χ0n) is 18.6. The van der Waals surface area contributed by atoms with E-state index in [4.69, 9.17) is 9.47 Å². The molecule has 2 heterocycles. The van der Waals surface area contributed by atoms with Crippen LogP contribution in [-0.4, -0.2) is 35.1 Å². The van der Waals surface area contributed by atoms with Gasteiger partial charge in [-0.1, -0.05) is 30.3 Å². The summed E-state index contributed by atoms with van der Waals surface area (Å²) < 4.78 is 10.8. The molecule has 1 aliphatic heterocycles. The molecule has 1 aromatic heterocycles. The number of cyclic esters (lactones) is 1. The van der Waals surface area contributed by atoms with Crippen LogP contribution < -0.4 is 0 Å². The Labute approximate surface area is 190 Å². The molecular formula is C26H23NO6. The van der Waals surface area contributed by atoms with Gasteiger partial charge in [-0.3, -0.25) is 9.59 Å². The van der Waals surface area contributed by atoms with Gasteiger partial charge >= 0.3 is 11.9 Å². The molecule has 1 N–H and O–H groups in total. The highest BCUT2D eigenvalue weighted by molar-refractivity contribution is 6.04. The first kappa shape index (κ1) is 22.2. The van der Waals surface area contributed by atoms with Crippen molar-refractivity contribution in [2.45, 2.75) is 33.3 Å². The van der Waals surface area contributed by atoms with Gasteiger partial charge in [0, 0.05) is 17.7 Å². The normalized spacial score (nSPS) is 14.9. The van der Waals surface area contributed by atoms with Gasteiger partial charge in [0.1, 0.15) is 6.10 Å². The second-order valence-electron chi connectivity index (χ2n) is 8.06. The number of hydrogen-bond donors (Lipinski definition) is 1. The number of benzene rings is 2. The van der Waals surface area contributed by atoms with E-state index in [0.29, 0.717) is 34.4 Å². The SMILES string of the molecule is CC(=O)c1c(C)[nH]c(C(=O)COC(=O)c2ccc3c(c2)C[C@H](c2ccccc2)OC3=O)c1C. The van der Waals surface area contributed by atoms with Crippen molar-refractivity contribution >= 4 is 23.5 Å². The molecule has 1 aliphatic rings. The predicted molar refractivity (Wildman–Crippen MR) is 120 cm³/mol. The molecule has 0 saturated carbocycles. The van der Waals surface area contributed by atoms with Crippen LogP contribution in [0.2, 0.25) is 0 Å². The van der Waals surface area contributed by atoms with Crippen molar-refractivity contribution in [2.24, 2.45) is 0 Å². The van der Waals surface area contributed by atoms with Crippen LogP contribution in [0.25, 0.3) is 0 Å². The van der Waals surface area contributed by atoms with Gasteiger partial charge in [-0.2, -0.15) is 0 Å². The average Bonchev–Trinajstić information content (AvgIpc) is 3.11. The van der Waals surface area contributed by atoms with Crippen LogP contribution in [0.5, 0.6) is 0 Å². The van der Waals surface area contributed by atoms with Gasteiger partial charge in [-0.15, -0.1) is 0 Å². The number of aryl methyl sites for hydroxylation is 1. The molecule has 3 aromatic rings. The fourth-order valence-corrected chi connectivity index (χ4v) is 4.22. The van der Waals surface area contributed by atoms with Crippen molar-refractivity contribution in [3.05, 3.63) is 93.3 Å². The standard InChI is InChI=1S/C26H23NO6/c1-14-23(16(3)28)15(2)27-24(14)21(29)13-32-25(30)18-9-10-20-19(11-18)12-22(33-26(20)31)17-7-5-4-6-8-17/h4-11,22,27H,12-13H2,1-3H3/t22-/m1/s1. The van der Waals surface area contributed by atoms with Gasteiger partial charge in [-0.25, -0.2) is 9.59 Å². The van der Waals surface area contributed by atoms with E-state index >= 15 is 0 Å². The third-order valence-electron chi connectivity index (χ3n) is 5.79. The van der Waals surface area contributed by atoms with Crippen molar-refractivity contribution in [1.29, 1.82) is 0 Å². The number of hydrogen-bond acceptors (Lipinski definition) is 6. The zero-order chi connectivity index (χ0) is 23.7. The quantitative estimate of drug-likeness (QED) is 0.448. The summed E-state index contributed by atoms with van der Waals surface area (Å²) in [6.45, 7) is 4.36. The molecule has 0 amide bonds. The van der Waals surface area contributed by atoms with Crippen molar-refractivity contribution in [2.75, 3.05) is 6.61 Å². The highest BCUT2D eigenvalue weighted by Gasteiger charge is 2.28. The third-order valence-corrected chi connectivity index (χ3v) is 5.79. The Morgan fingerprint density at radius 3 is 2.48 bits per heavy atom. The Kier molecular flexibility index (Phi) is 5.96. The second kappa shape index (κ2) is 8.86. The predicted octanol–water partition coefficient (Wildman–Crippen LogP) is 4.33. The van der Waals surface area contributed by atoms with Crippen LogP contribution in [0.4, 0.5) is 0 Å². The summed E-state index contributed by atoms with van der Waals surface area (Å²) in [5.41, 5.74) is 4.07. The van der Waals surface area contributed by atoms with E-state index in [1.165, 1.54) is 19.1 Å². The van der Waals surface area contributed by atoms with Gasteiger partial charge in [0.2, 0.25) is 5.78 Å². The van der Waals surface area contributed by atoms with E-state index in [-0.39, 0.29) is 17.0 Å². The Morgan fingerprint density at radius 2 is 1.82 bits per heavy atom. The highest BCUT2D eigenvalue weighted by atomic mass is 16.5. The Morgan fingerprint density at radius 1 is 1.09 bits per heavy atom. The van der Waals surface area contributed by atoms with Crippen LogP contribution in [0.1, 0.15) is 77.0 Å². The Hall–Kier alpha value is -4.00. The number of rotatable bonds is 6. The summed E-state index contributed by atoms with van der Waals surface area (Å²) in [6.07, 6.45) is -0.00601. The third kappa shape index (κ3) is 4.35. The van der Waals surface area contributed by atoms with Gasteiger partial charge in [0.05, 0.1) is 16.8 Å². The summed E-state index contributed by atoms with van der Waals surface area (Å²) in [5.74, 6) is -1.69. The Balaban J connectivity index is 1.48. The van der Waals surface area contributed by atoms with E-state index < -0.39 is 30.4 Å². The number of aromatic nitrogens is 1. The fourth-order valence-electron chi connectivity index (χ4n) is 4.22. The number of ether oxygens (including phenoxy) is 2. The maximum absolute atomic E-state index is 12.6. The average molecular weight is 445 g/mol. The molecule has 0 saturated heterocycles. The topological polar surface area (TPSA) is 103 Å². The Bertz CT molecular complexity index is 1270. The van der Waals surface area contributed by atoms with Crippen molar-refractivity contribution in [1.82, 2.24) is 4.98 Å². The first-order valence-corrected chi connectivity index (χ1v) is 10.6. The molecule has 168 valence electrons. The largest absolute Gasteiger partial charge is 0.454 e. The number of aromatic amines is 1. The van der Waals surface area contributed by atoms with E-state index in [2.05, 4.69) is 4.98 Å². The smallest absolute Gasteiger partial charge is 0.339 e. The number of ketones is 2. The number of carbonyl (C=O) groups excluding carboxylic acids is 4. The molecule has 33 heavy (non-hydrogen) atoms. The minimum atomic E-state index is -0.672. The molecule has 4 rings (SSSR count). The number of carbonyl (C=O) groups is 4. The first-order chi connectivity index (χ1) is 15.8. The lowest BCUT2D eigenvalue weighted by Gasteiger charge is -2.25. The molecule has 2 aromatic carbocycles. The summed E-state index contributed by atoms with van der Waals surface area (Å²) in [6, 6.07) is 14.0. The van der Waals surface area contributed by atoms with Gasteiger partial charge in [-0.05, 0) is 55.7 Å². The van der Waals surface area contributed by atoms with E-state index in [1.807, 2.05) is 30.3 Å². The molecule has 0 spiro atoms. The molecule has 0 unspecified atom stereocenters. The van der Waals surface area contributed by atoms with Crippen LogP contribution in [-0.2, 0) is 15.9 Å². The molecule has 0 fully saturated rings. The van der Waals surface area contributed by atoms with Crippen LogP contribution in [0.15, 0.2) is 48.5 Å². The van der Waals surface area contributed by atoms with Crippen molar-refractivity contribution in [3.63, 3.8) is 0 Å². The minimum absolute atomic E-state index is 0.140. The van der Waals surface area contributed by atoms with Crippen LogP contribution in [0, 0.1) is 13.8 Å². The summed E-state index contributed by atoms with van der Waals surface area (Å²) in [5, 5.41) is 0. The van der Waals surface area contributed by atoms with Gasteiger partial charge < -0.3 is 14.5 Å². The van der Waals surface area contributed by atoms with Crippen LogP contribution >= 0.6 is 0 Å². The molecule has 0 bridgehead atoms. The molecule has 0 radical (unpaired) electrons. The summed E-state index contributed by atoms with van der Waals surface area (Å²) >= 11 is 0. The van der Waals surface area contributed by atoms with E-state index in [0.717, 1.165) is 5.56 Å². The number of fused-ring (bicyclic) bond motifs is 1. The fraction of sp³-hybridized carbons (Fsp3) is 0.231. The lowest BCUT2D eigenvalue weighted by Crippen LogP contribution is -2.22. The van der Waals surface area contributed by atoms with Gasteiger partial charge in [0.25, 0.3) is 0 Å². The monoisotopic (exact) mass is 445 g/mol. The molecule has 7 heteroatoms. The first-order valence-electron chi connectivity index (χ1n) is 10.6. The maximum Gasteiger partial charge on any atom is 0.339 e.